The molecule has 1 rings (SSSR count). The van der Waals surface area contributed by atoms with E-state index in [1.165, 1.54) is 21.1 Å². The van der Waals surface area contributed by atoms with Gasteiger partial charge in [-0.2, -0.15) is 0 Å². The van der Waals surface area contributed by atoms with E-state index in [-0.39, 0.29) is 6.61 Å². The monoisotopic (exact) mass is 393 g/mol. The first-order valence-corrected chi connectivity index (χ1v) is 7.60. The lowest BCUT2D eigenvalue weighted by Crippen LogP contribution is -2.61. The van der Waals surface area contributed by atoms with E-state index in [1.807, 2.05) is 0 Å². The molecule has 1 unspecified atom stereocenters. The molecule has 1 aliphatic heterocycles. The Balaban J connectivity index is 2.91. The number of hydrogen-bond donors (Lipinski definition) is 2. The Labute approximate surface area is 148 Å². The highest BCUT2D eigenvalue weighted by Gasteiger charge is 2.49. The van der Waals surface area contributed by atoms with Crippen molar-refractivity contribution in [2.45, 2.75) is 41.4 Å². The second-order valence-corrected chi connectivity index (χ2v) is 6.96. The van der Waals surface area contributed by atoms with Gasteiger partial charge in [-0.05, 0) is 0 Å². The van der Waals surface area contributed by atoms with E-state index < -0.39 is 46.4 Å². The molecule has 8 nitrogen and oxygen atoms in total. The zero-order valence-corrected chi connectivity index (χ0v) is 14.9. The molecule has 0 amide bonds. The Morgan fingerprint density at radius 1 is 1.26 bits per heavy atom. The maximum Gasteiger partial charge on any atom is 0.302 e. The Bertz CT molecular complexity index is 431. The molecule has 134 valence electrons. The van der Waals surface area contributed by atoms with E-state index in [0.29, 0.717) is 0 Å². The minimum atomic E-state index is -2.09. The summed E-state index contributed by atoms with van der Waals surface area (Å²) in [5.41, 5.74) is 0. The highest BCUT2D eigenvalue weighted by molar-refractivity contribution is 6.76. The second-order valence-electron chi connectivity index (χ2n) is 4.68. The summed E-state index contributed by atoms with van der Waals surface area (Å²) in [6.07, 6.45) is -5.12. The molecule has 0 spiro atoms. The third-order valence-electron chi connectivity index (χ3n) is 3.11. The Kier molecular flexibility index (Phi) is 7.79. The van der Waals surface area contributed by atoms with Gasteiger partial charge in [0, 0.05) is 21.1 Å². The van der Waals surface area contributed by atoms with Crippen LogP contribution >= 0.6 is 34.8 Å². The highest BCUT2D eigenvalue weighted by atomic mass is 35.6. The van der Waals surface area contributed by atoms with Crippen LogP contribution in [0.3, 0.4) is 0 Å². The number of alkyl halides is 3. The first-order chi connectivity index (χ1) is 10.6. The highest BCUT2D eigenvalue weighted by Crippen LogP contribution is 2.32. The quantitative estimate of drug-likeness (QED) is 0.310. The normalized spacial score (nSPS) is 31.5. The number of halogens is 3. The number of rotatable bonds is 5. The molecular weight excluding hydrogens is 376 g/mol. The van der Waals surface area contributed by atoms with Gasteiger partial charge in [0.1, 0.15) is 31.0 Å². The van der Waals surface area contributed by atoms with Crippen LogP contribution in [-0.2, 0) is 28.5 Å². The van der Waals surface area contributed by atoms with E-state index in [9.17, 15) is 9.90 Å². The van der Waals surface area contributed by atoms with Gasteiger partial charge in [-0.1, -0.05) is 34.8 Å². The summed E-state index contributed by atoms with van der Waals surface area (Å²) in [5, 5.41) is 17.9. The fourth-order valence-electron chi connectivity index (χ4n) is 2.02. The summed E-state index contributed by atoms with van der Waals surface area (Å²) in [5.74, 6) is -1.23. The van der Waals surface area contributed by atoms with Crippen LogP contribution in [0.15, 0.2) is 0 Å². The maximum atomic E-state index is 10.9. The molecule has 1 aliphatic rings. The topological polar surface area (TPSA) is 107 Å². The molecule has 11 heteroatoms. The zero-order chi connectivity index (χ0) is 17.8. The smallest absolute Gasteiger partial charge is 0.302 e. The first-order valence-electron chi connectivity index (χ1n) is 6.46. The zero-order valence-electron chi connectivity index (χ0n) is 12.6. The number of carbonyl (C=O) groups excluding carboxylic acids is 1. The SMILES string of the molecule is CO[C@H]1[C@H](O)[C@@H](COC(C)=O)OC(OC(=N)C(Cl)(Cl)Cl)[C@@H]1OC. The van der Waals surface area contributed by atoms with Crippen LogP contribution < -0.4 is 0 Å². The predicted octanol–water partition coefficient (Wildman–Crippen LogP) is 1.03. The van der Waals surface area contributed by atoms with Crippen molar-refractivity contribution in [1.82, 2.24) is 0 Å². The average Bonchev–Trinajstić information content (AvgIpc) is 2.45. The molecule has 1 fully saturated rings. The number of carbonyl (C=O) groups is 1. The summed E-state index contributed by atoms with van der Waals surface area (Å²) in [6.45, 7) is 0.973. The van der Waals surface area contributed by atoms with Crippen LogP contribution in [-0.4, -0.2) is 72.3 Å². The minimum Gasteiger partial charge on any atom is -0.463 e. The summed E-state index contributed by atoms with van der Waals surface area (Å²) < 4.78 is 23.8. The molecule has 5 atom stereocenters. The molecule has 1 saturated heterocycles. The van der Waals surface area contributed by atoms with Crippen LogP contribution in [0, 0.1) is 5.41 Å². The second kappa shape index (κ2) is 8.66. The molecule has 23 heavy (non-hydrogen) atoms. The summed E-state index contributed by atoms with van der Waals surface area (Å²) >= 11 is 16.7. The molecule has 0 radical (unpaired) electrons. The molecule has 0 bridgehead atoms. The third kappa shape index (κ3) is 5.60. The van der Waals surface area contributed by atoms with Crippen LogP contribution in [0.5, 0.6) is 0 Å². The molecular formula is C12H18Cl3NO7. The van der Waals surface area contributed by atoms with Gasteiger partial charge in [0.2, 0.25) is 12.2 Å². The lowest BCUT2D eigenvalue weighted by atomic mass is 9.99. The van der Waals surface area contributed by atoms with E-state index in [4.69, 9.17) is 63.9 Å². The lowest BCUT2D eigenvalue weighted by molar-refractivity contribution is -0.291. The van der Waals surface area contributed by atoms with Crippen molar-refractivity contribution in [3.8, 4) is 0 Å². The molecule has 2 N–H and O–H groups in total. The summed E-state index contributed by atoms with van der Waals surface area (Å²) in [4.78, 5) is 10.9. The van der Waals surface area contributed by atoms with Crippen LogP contribution in [0.4, 0.5) is 0 Å². The van der Waals surface area contributed by atoms with E-state index in [1.54, 1.807) is 0 Å². The maximum absolute atomic E-state index is 10.9. The Hall–Kier alpha value is -0.350. The van der Waals surface area contributed by atoms with E-state index in [2.05, 4.69) is 0 Å². The van der Waals surface area contributed by atoms with Gasteiger partial charge >= 0.3 is 5.97 Å². The largest absolute Gasteiger partial charge is 0.463 e. The lowest BCUT2D eigenvalue weighted by Gasteiger charge is -2.43. The van der Waals surface area contributed by atoms with E-state index in [0.717, 1.165) is 0 Å². The van der Waals surface area contributed by atoms with Crippen LogP contribution in [0.25, 0.3) is 0 Å². The average molecular weight is 395 g/mol. The minimum absolute atomic E-state index is 0.242. The molecule has 0 aliphatic carbocycles. The molecule has 0 saturated carbocycles. The standard InChI is InChI=1S/C12H18Cl3NO7/c1-5(17)21-4-6-7(18)8(19-2)9(20-3)10(22-6)23-11(16)12(13,14)15/h6-10,16,18H,4H2,1-3H3/t6-,7-,8+,9-,10?/m1/s1. The van der Waals surface area contributed by atoms with Gasteiger partial charge in [-0.25, -0.2) is 0 Å². The van der Waals surface area contributed by atoms with Crippen molar-refractivity contribution in [2.75, 3.05) is 20.8 Å². The molecule has 0 aromatic rings. The van der Waals surface area contributed by atoms with Crippen molar-refractivity contribution in [1.29, 1.82) is 5.41 Å². The molecule has 0 aromatic heterocycles. The number of nitrogens with one attached hydrogen (secondary N) is 1. The number of aliphatic hydroxyl groups excluding tert-OH is 1. The van der Waals surface area contributed by atoms with Gasteiger partial charge < -0.3 is 28.8 Å². The van der Waals surface area contributed by atoms with Crippen LogP contribution in [0.1, 0.15) is 6.92 Å². The summed E-state index contributed by atoms with van der Waals surface area (Å²) in [6, 6.07) is 0. The first kappa shape index (κ1) is 20.7. The van der Waals surface area contributed by atoms with Gasteiger partial charge in [0.05, 0.1) is 0 Å². The van der Waals surface area contributed by atoms with Gasteiger partial charge in [-0.15, -0.1) is 0 Å². The van der Waals surface area contributed by atoms with Crippen LogP contribution in [0.2, 0.25) is 0 Å². The number of esters is 1. The number of ether oxygens (including phenoxy) is 5. The van der Waals surface area contributed by atoms with Crippen molar-refractivity contribution in [3.05, 3.63) is 0 Å². The molecule has 0 aromatic carbocycles. The Morgan fingerprint density at radius 2 is 1.83 bits per heavy atom. The Morgan fingerprint density at radius 3 is 2.26 bits per heavy atom. The number of methoxy groups -OCH3 is 2. The summed E-state index contributed by atoms with van der Waals surface area (Å²) in [7, 11) is 2.69. The van der Waals surface area contributed by atoms with Gasteiger partial charge in [0.25, 0.3) is 3.79 Å². The number of aliphatic hydroxyl groups is 1. The van der Waals surface area contributed by atoms with Crippen molar-refractivity contribution in [2.24, 2.45) is 0 Å². The van der Waals surface area contributed by atoms with Crippen molar-refractivity contribution >= 4 is 46.7 Å². The van der Waals surface area contributed by atoms with E-state index >= 15 is 0 Å². The predicted molar refractivity (Wildman–Crippen MR) is 82.0 cm³/mol. The molecule has 1 heterocycles. The van der Waals surface area contributed by atoms with Crippen molar-refractivity contribution < 1.29 is 33.6 Å². The fraction of sp³-hybridized carbons (Fsp3) is 0.833. The third-order valence-corrected chi connectivity index (χ3v) is 3.62. The number of hydrogen-bond acceptors (Lipinski definition) is 8. The fourth-order valence-corrected chi connectivity index (χ4v) is 2.16. The van der Waals surface area contributed by atoms with Gasteiger partial charge in [0.15, 0.2) is 0 Å². The van der Waals surface area contributed by atoms with Gasteiger partial charge in [-0.3, -0.25) is 10.2 Å². The van der Waals surface area contributed by atoms with Crippen molar-refractivity contribution in [3.63, 3.8) is 0 Å².